The van der Waals surface area contributed by atoms with Crippen LogP contribution >= 0.6 is 11.6 Å². The van der Waals surface area contributed by atoms with Gasteiger partial charge in [0.1, 0.15) is 5.78 Å². The van der Waals surface area contributed by atoms with E-state index in [0.29, 0.717) is 24.4 Å². The second-order valence-electron chi connectivity index (χ2n) is 5.61. The maximum absolute atomic E-state index is 11.9. The molecule has 5 heteroatoms. The number of nitrogens with one attached hydrogen (secondary N) is 1. The highest BCUT2D eigenvalue weighted by Gasteiger charge is 2.15. The fourth-order valence-electron chi connectivity index (χ4n) is 1.72. The molecule has 0 saturated heterocycles. The largest absolute Gasteiger partial charge is 0.312 e. The van der Waals surface area contributed by atoms with Crippen molar-refractivity contribution in [2.45, 2.75) is 46.1 Å². The van der Waals surface area contributed by atoms with Gasteiger partial charge in [-0.05, 0) is 27.7 Å². The van der Waals surface area contributed by atoms with Crippen LogP contribution in [-0.2, 0) is 18.3 Å². The summed E-state index contributed by atoms with van der Waals surface area (Å²) in [5.74, 6) is 0.177. The molecule has 0 amide bonds. The molecule has 1 N–H and O–H groups in total. The maximum Gasteiger partial charge on any atom is 0.140 e. The molecule has 4 nitrogen and oxygen atoms in total. The van der Waals surface area contributed by atoms with Gasteiger partial charge in [0.05, 0.1) is 16.4 Å². The predicted molar refractivity (Wildman–Crippen MR) is 74.0 cm³/mol. The molecule has 1 aromatic rings. The van der Waals surface area contributed by atoms with Gasteiger partial charge in [0, 0.05) is 32.0 Å². The number of hydrogen-bond donors (Lipinski definition) is 1. The van der Waals surface area contributed by atoms with E-state index < -0.39 is 0 Å². The molecule has 18 heavy (non-hydrogen) atoms. The Morgan fingerprint density at radius 3 is 2.50 bits per heavy atom. The molecule has 0 spiro atoms. The number of rotatable bonds is 5. The molecule has 0 aliphatic carbocycles. The van der Waals surface area contributed by atoms with Crippen LogP contribution in [0.25, 0.3) is 0 Å². The van der Waals surface area contributed by atoms with Gasteiger partial charge in [-0.2, -0.15) is 5.10 Å². The first-order valence-corrected chi connectivity index (χ1v) is 6.53. The van der Waals surface area contributed by atoms with Gasteiger partial charge in [-0.15, -0.1) is 0 Å². The smallest absolute Gasteiger partial charge is 0.140 e. The summed E-state index contributed by atoms with van der Waals surface area (Å²) in [4.78, 5) is 11.9. The van der Waals surface area contributed by atoms with Crippen LogP contribution in [0.15, 0.2) is 0 Å². The second kappa shape index (κ2) is 5.85. The molecule has 0 atom stereocenters. The fraction of sp³-hybridized carbons (Fsp3) is 0.692. The van der Waals surface area contributed by atoms with Gasteiger partial charge < -0.3 is 5.32 Å². The maximum atomic E-state index is 11.9. The normalized spacial score (nSPS) is 11.9. The summed E-state index contributed by atoms with van der Waals surface area (Å²) >= 11 is 6.11. The van der Waals surface area contributed by atoms with Crippen molar-refractivity contribution in [3.8, 4) is 0 Å². The lowest BCUT2D eigenvalue weighted by Crippen LogP contribution is -2.37. The van der Waals surface area contributed by atoms with Crippen LogP contribution in [0, 0.1) is 6.92 Å². The third-order valence-electron chi connectivity index (χ3n) is 2.69. The van der Waals surface area contributed by atoms with Gasteiger partial charge in [-0.3, -0.25) is 9.48 Å². The number of carbonyl (C=O) groups is 1. The molecule has 1 heterocycles. The third-order valence-corrected chi connectivity index (χ3v) is 3.18. The van der Waals surface area contributed by atoms with Crippen molar-refractivity contribution in [1.82, 2.24) is 15.1 Å². The van der Waals surface area contributed by atoms with Gasteiger partial charge in [0.25, 0.3) is 0 Å². The summed E-state index contributed by atoms with van der Waals surface area (Å²) in [5.41, 5.74) is 1.62. The summed E-state index contributed by atoms with van der Waals surface area (Å²) in [6.45, 7) is 8.78. The van der Waals surface area contributed by atoms with E-state index in [-0.39, 0.29) is 11.3 Å². The Hall–Kier alpha value is -0.870. The first kappa shape index (κ1) is 15.2. The molecule has 1 aromatic heterocycles. The zero-order chi connectivity index (χ0) is 13.9. The molecule has 0 radical (unpaired) electrons. The molecule has 0 bridgehead atoms. The summed E-state index contributed by atoms with van der Waals surface area (Å²) in [7, 11) is 1.81. The van der Waals surface area contributed by atoms with Gasteiger partial charge in [0.15, 0.2) is 0 Å². The van der Waals surface area contributed by atoms with Crippen LogP contribution in [0.5, 0.6) is 0 Å². The summed E-state index contributed by atoms with van der Waals surface area (Å²) in [6.07, 6.45) is 0.861. The lowest BCUT2D eigenvalue weighted by atomic mass is 10.1. The van der Waals surface area contributed by atoms with E-state index in [1.54, 1.807) is 4.68 Å². The molecule has 0 unspecified atom stereocenters. The summed E-state index contributed by atoms with van der Waals surface area (Å²) in [5, 5.41) is 8.10. The zero-order valence-corrected chi connectivity index (χ0v) is 12.6. The topological polar surface area (TPSA) is 46.9 Å². The lowest BCUT2D eigenvalue weighted by Gasteiger charge is -2.20. The Bertz CT molecular complexity index is 432. The Balaban J connectivity index is 2.50. The molecule has 102 valence electrons. The molecule has 1 rings (SSSR count). The zero-order valence-electron chi connectivity index (χ0n) is 11.8. The van der Waals surface area contributed by atoms with E-state index in [1.807, 2.05) is 14.0 Å². The van der Waals surface area contributed by atoms with E-state index >= 15 is 0 Å². The summed E-state index contributed by atoms with van der Waals surface area (Å²) in [6, 6.07) is 0. The van der Waals surface area contributed by atoms with E-state index in [2.05, 4.69) is 31.2 Å². The first-order chi connectivity index (χ1) is 8.20. The van der Waals surface area contributed by atoms with E-state index in [4.69, 9.17) is 11.6 Å². The van der Waals surface area contributed by atoms with E-state index in [0.717, 1.165) is 11.4 Å². The summed E-state index contributed by atoms with van der Waals surface area (Å²) < 4.78 is 1.69. The number of Topliss-reactive ketones (excluding diaryl/α,β-unsaturated/α-hetero) is 1. The SMILES string of the molecule is Cc1nn(C)c(CC(=O)CCNC(C)(C)C)c1Cl. The highest BCUT2D eigenvalue weighted by Crippen LogP contribution is 2.20. The van der Waals surface area contributed by atoms with Crippen molar-refractivity contribution < 1.29 is 4.79 Å². The Morgan fingerprint density at radius 1 is 1.44 bits per heavy atom. The number of aromatic nitrogens is 2. The van der Waals surface area contributed by atoms with Crippen molar-refractivity contribution in [3.05, 3.63) is 16.4 Å². The van der Waals surface area contributed by atoms with Crippen LogP contribution in [0.1, 0.15) is 38.6 Å². The molecule has 0 aliphatic heterocycles. The van der Waals surface area contributed by atoms with Gasteiger partial charge in [0.2, 0.25) is 0 Å². The second-order valence-corrected chi connectivity index (χ2v) is 5.99. The van der Waals surface area contributed by atoms with E-state index in [1.165, 1.54) is 0 Å². The number of aryl methyl sites for hydroxylation is 2. The third kappa shape index (κ3) is 4.42. The molecule has 0 aromatic carbocycles. The average Bonchev–Trinajstić information content (AvgIpc) is 2.43. The number of halogens is 1. The highest BCUT2D eigenvalue weighted by molar-refractivity contribution is 6.32. The standard InChI is InChI=1S/C13H22ClN3O/c1-9-12(14)11(17(5)16-9)8-10(18)6-7-15-13(2,3)4/h15H,6-8H2,1-5H3. The molecular weight excluding hydrogens is 250 g/mol. The van der Waals surface area contributed by atoms with Crippen molar-refractivity contribution in [2.75, 3.05) is 6.54 Å². The van der Waals surface area contributed by atoms with Gasteiger partial charge in [-0.1, -0.05) is 11.6 Å². The van der Waals surface area contributed by atoms with Gasteiger partial charge in [-0.25, -0.2) is 0 Å². The predicted octanol–water partition coefficient (Wildman–Crippen LogP) is 2.27. The minimum Gasteiger partial charge on any atom is -0.312 e. The number of ketones is 1. The monoisotopic (exact) mass is 271 g/mol. The van der Waals surface area contributed by atoms with Crippen LogP contribution in [0.4, 0.5) is 0 Å². The van der Waals surface area contributed by atoms with E-state index in [9.17, 15) is 4.79 Å². The van der Waals surface area contributed by atoms with Gasteiger partial charge >= 0.3 is 0 Å². The van der Waals surface area contributed by atoms with Crippen LogP contribution < -0.4 is 5.32 Å². The van der Waals surface area contributed by atoms with Crippen molar-refractivity contribution >= 4 is 17.4 Å². The van der Waals surface area contributed by atoms with Crippen molar-refractivity contribution in [1.29, 1.82) is 0 Å². The van der Waals surface area contributed by atoms with Crippen molar-refractivity contribution in [3.63, 3.8) is 0 Å². The lowest BCUT2D eigenvalue weighted by molar-refractivity contribution is -0.118. The Morgan fingerprint density at radius 2 is 2.06 bits per heavy atom. The molecule has 0 fully saturated rings. The minimum atomic E-state index is 0.0427. The molecule has 0 aliphatic rings. The number of nitrogens with zero attached hydrogens (tertiary/aromatic N) is 2. The number of hydrogen-bond acceptors (Lipinski definition) is 3. The van der Waals surface area contributed by atoms with Crippen LogP contribution in [0.3, 0.4) is 0 Å². The number of carbonyl (C=O) groups excluding carboxylic acids is 1. The van der Waals surface area contributed by atoms with Crippen molar-refractivity contribution in [2.24, 2.45) is 7.05 Å². The van der Waals surface area contributed by atoms with Crippen LogP contribution in [-0.4, -0.2) is 27.6 Å². The fourth-order valence-corrected chi connectivity index (χ4v) is 1.95. The Labute approximate surface area is 114 Å². The highest BCUT2D eigenvalue weighted by atomic mass is 35.5. The minimum absolute atomic E-state index is 0.0427. The molecular formula is C13H22ClN3O. The first-order valence-electron chi connectivity index (χ1n) is 6.15. The Kier molecular flexibility index (Phi) is 4.93. The molecule has 0 saturated carbocycles. The quantitative estimate of drug-likeness (QED) is 0.894. The van der Waals surface area contributed by atoms with Crippen LogP contribution in [0.2, 0.25) is 5.02 Å². The average molecular weight is 272 g/mol.